The molecule has 22 heavy (non-hydrogen) atoms. The van der Waals surface area contributed by atoms with Crippen molar-refractivity contribution in [3.05, 3.63) is 40.4 Å². The fourth-order valence-electron chi connectivity index (χ4n) is 2.13. The van der Waals surface area contributed by atoms with Crippen molar-refractivity contribution in [2.75, 3.05) is 0 Å². The molecule has 0 aliphatic heterocycles. The molecule has 0 fully saturated rings. The van der Waals surface area contributed by atoms with Crippen molar-refractivity contribution in [1.82, 2.24) is 4.98 Å². The third-order valence-corrected chi connectivity index (χ3v) is 4.63. The fraction of sp³-hybridized carbons (Fsp3) is 0.333. The highest BCUT2D eigenvalue weighted by Gasteiger charge is 2.30. The van der Waals surface area contributed by atoms with E-state index in [4.69, 9.17) is 0 Å². The minimum Gasteiger partial charge on any atom is -0.481 e. The molecule has 118 valence electrons. The van der Waals surface area contributed by atoms with E-state index < -0.39 is 23.6 Å². The summed E-state index contributed by atoms with van der Waals surface area (Å²) >= 11 is 1.21. The number of carboxylic acid groups (broad SMARTS) is 1. The standard InChI is InChI=1S/C15H14F3NO2S/c1-3-11(14(20)21)12-8(2)19-13(22-12)9-4-6-10(7-5-9)15(16,17)18/h4-7,11H,3H2,1-2H3,(H,20,21). The summed E-state index contributed by atoms with van der Waals surface area (Å²) < 4.78 is 37.7. The first-order valence-electron chi connectivity index (χ1n) is 6.61. The van der Waals surface area contributed by atoms with Crippen molar-refractivity contribution in [1.29, 1.82) is 0 Å². The number of alkyl halides is 3. The van der Waals surface area contributed by atoms with Crippen molar-refractivity contribution >= 4 is 17.3 Å². The van der Waals surface area contributed by atoms with Crippen molar-refractivity contribution < 1.29 is 23.1 Å². The maximum absolute atomic E-state index is 12.6. The van der Waals surface area contributed by atoms with Crippen LogP contribution in [0.1, 0.15) is 35.4 Å². The number of rotatable bonds is 4. The van der Waals surface area contributed by atoms with Gasteiger partial charge in [-0.2, -0.15) is 13.2 Å². The molecule has 1 N–H and O–H groups in total. The molecular formula is C15H14F3NO2S. The van der Waals surface area contributed by atoms with Crippen molar-refractivity contribution in [3.63, 3.8) is 0 Å². The summed E-state index contributed by atoms with van der Waals surface area (Å²) in [6.07, 6.45) is -3.94. The van der Waals surface area contributed by atoms with Gasteiger partial charge >= 0.3 is 12.1 Å². The number of carboxylic acids is 1. The maximum Gasteiger partial charge on any atom is 0.416 e. The van der Waals surface area contributed by atoms with Crippen LogP contribution in [0.2, 0.25) is 0 Å². The van der Waals surface area contributed by atoms with Crippen LogP contribution < -0.4 is 0 Å². The minimum atomic E-state index is -4.38. The van der Waals surface area contributed by atoms with Gasteiger partial charge in [0.2, 0.25) is 0 Å². The molecule has 1 atom stereocenters. The van der Waals surface area contributed by atoms with E-state index in [0.717, 1.165) is 12.1 Å². The summed E-state index contributed by atoms with van der Waals surface area (Å²) in [4.78, 5) is 16.2. The van der Waals surface area contributed by atoms with Gasteiger partial charge in [0, 0.05) is 10.4 Å². The van der Waals surface area contributed by atoms with Crippen LogP contribution in [0.15, 0.2) is 24.3 Å². The number of aliphatic carboxylic acids is 1. The zero-order chi connectivity index (χ0) is 16.5. The van der Waals surface area contributed by atoms with Crippen LogP contribution in [0, 0.1) is 6.92 Å². The lowest BCUT2D eigenvalue weighted by Gasteiger charge is -2.07. The molecule has 1 aromatic carbocycles. The van der Waals surface area contributed by atoms with Gasteiger partial charge in [-0.3, -0.25) is 4.79 Å². The second-order valence-corrected chi connectivity index (χ2v) is 5.87. The molecular weight excluding hydrogens is 315 g/mol. The molecule has 2 aromatic rings. The van der Waals surface area contributed by atoms with Crippen molar-refractivity contribution in [2.45, 2.75) is 32.4 Å². The van der Waals surface area contributed by atoms with E-state index in [0.29, 0.717) is 27.6 Å². The lowest BCUT2D eigenvalue weighted by Crippen LogP contribution is -2.09. The second kappa shape index (κ2) is 6.08. The lowest BCUT2D eigenvalue weighted by molar-refractivity contribution is -0.139. The van der Waals surface area contributed by atoms with Crippen LogP contribution in [0.5, 0.6) is 0 Å². The van der Waals surface area contributed by atoms with Gasteiger partial charge in [-0.05, 0) is 25.5 Å². The Kier molecular flexibility index (Phi) is 4.55. The highest BCUT2D eigenvalue weighted by molar-refractivity contribution is 7.15. The van der Waals surface area contributed by atoms with Crippen LogP contribution in [0.4, 0.5) is 13.2 Å². The monoisotopic (exact) mass is 329 g/mol. The number of carbonyl (C=O) groups is 1. The van der Waals surface area contributed by atoms with E-state index in [1.54, 1.807) is 13.8 Å². The number of hydrogen-bond donors (Lipinski definition) is 1. The van der Waals surface area contributed by atoms with E-state index >= 15 is 0 Å². The van der Waals surface area contributed by atoms with E-state index in [-0.39, 0.29) is 0 Å². The van der Waals surface area contributed by atoms with Crippen LogP contribution in [-0.2, 0) is 11.0 Å². The smallest absolute Gasteiger partial charge is 0.416 e. The number of hydrogen-bond acceptors (Lipinski definition) is 3. The molecule has 0 saturated carbocycles. The van der Waals surface area contributed by atoms with Crippen LogP contribution in [0.3, 0.4) is 0 Å². The Morgan fingerprint density at radius 1 is 1.32 bits per heavy atom. The Morgan fingerprint density at radius 3 is 2.36 bits per heavy atom. The normalized spacial score (nSPS) is 13.1. The largest absolute Gasteiger partial charge is 0.481 e. The quantitative estimate of drug-likeness (QED) is 0.883. The zero-order valence-corrected chi connectivity index (χ0v) is 12.8. The molecule has 0 radical (unpaired) electrons. The molecule has 3 nitrogen and oxygen atoms in total. The maximum atomic E-state index is 12.6. The van der Waals surface area contributed by atoms with Gasteiger partial charge < -0.3 is 5.11 Å². The summed E-state index contributed by atoms with van der Waals surface area (Å²) in [5, 5.41) is 9.74. The van der Waals surface area contributed by atoms with E-state index in [1.807, 2.05) is 0 Å². The number of halogens is 3. The third-order valence-electron chi connectivity index (χ3n) is 3.31. The van der Waals surface area contributed by atoms with E-state index in [1.165, 1.54) is 23.5 Å². The highest BCUT2D eigenvalue weighted by atomic mass is 32.1. The molecule has 1 unspecified atom stereocenters. The Balaban J connectivity index is 2.36. The van der Waals surface area contributed by atoms with Crippen LogP contribution >= 0.6 is 11.3 Å². The molecule has 0 saturated heterocycles. The van der Waals surface area contributed by atoms with Gasteiger partial charge in [0.15, 0.2) is 0 Å². The number of aromatic nitrogens is 1. The van der Waals surface area contributed by atoms with E-state index in [2.05, 4.69) is 4.98 Å². The lowest BCUT2D eigenvalue weighted by atomic mass is 10.0. The first-order chi connectivity index (χ1) is 10.2. The minimum absolute atomic E-state index is 0.435. The topological polar surface area (TPSA) is 50.2 Å². The summed E-state index contributed by atoms with van der Waals surface area (Å²) in [6.45, 7) is 3.49. The number of thiazole rings is 1. The molecule has 2 rings (SSSR count). The Labute approximate surface area is 129 Å². The first-order valence-corrected chi connectivity index (χ1v) is 7.43. The molecule has 0 amide bonds. The fourth-order valence-corrected chi connectivity index (χ4v) is 3.38. The van der Waals surface area contributed by atoms with Gasteiger partial charge in [0.1, 0.15) is 5.01 Å². The predicted octanol–water partition coefficient (Wildman–Crippen LogP) is 4.72. The summed E-state index contributed by atoms with van der Waals surface area (Å²) in [7, 11) is 0. The van der Waals surface area contributed by atoms with Crippen LogP contribution in [0.25, 0.3) is 10.6 Å². The Bertz CT molecular complexity index is 677. The second-order valence-electron chi connectivity index (χ2n) is 4.84. The highest BCUT2D eigenvalue weighted by Crippen LogP contribution is 2.36. The molecule has 0 spiro atoms. The van der Waals surface area contributed by atoms with Crippen molar-refractivity contribution in [2.24, 2.45) is 0 Å². The summed E-state index contributed by atoms with van der Waals surface area (Å²) in [5.41, 5.74) is 0.434. The average molecular weight is 329 g/mol. The third kappa shape index (κ3) is 3.30. The van der Waals surface area contributed by atoms with E-state index in [9.17, 15) is 23.1 Å². The number of nitrogens with zero attached hydrogens (tertiary/aromatic N) is 1. The van der Waals surface area contributed by atoms with Gasteiger partial charge in [0.05, 0.1) is 17.2 Å². The molecule has 0 aliphatic carbocycles. The van der Waals surface area contributed by atoms with Gasteiger partial charge in [-0.15, -0.1) is 11.3 Å². The molecule has 0 bridgehead atoms. The molecule has 1 aromatic heterocycles. The van der Waals surface area contributed by atoms with Crippen molar-refractivity contribution in [3.8, 4) is 10.6 Å². The van der Waals surface area contributed by atoms with Gasteiger partial charge in [-0.25, -0.2) is 4.98 Å². The molecule has 7 heteroatoms. The summed E-state index contributed by atoms with van der Waals surface area (Å²) in [6, 6.07) is 4.71. The van der Waals surface area contributed by atoms with Crippen LogP contribution in [-0.4, -0.2) is 16.1 Å². The SMILES string of the molecule is CCC(C(=O)O)c1sc(-c2ccc(C(F)(F)F)cc2)nc1C. The van der Waals surface area contributed by atoms with Gasteiger partial charge in [0.25, 0.3) is 0 Å². The number of aryl methyl sites for hydroxylation is 1. The van der Waals surface area contributed by atoms with Gasteiger partial charge in [-0.1, -0.05) is 19.1 Å². The Morgan fingerprint density at radius 2 is 1.91 bits per heavy atom. The molecule has 1 heterocycles. The average Bonchev–Trinajstić information content (AvgIpc) is 2.81. The predicted molar refractivity (Wildman–Crippen MR) is 78.0 cm³/mol. The first kappa shape index (κ1) is 16.5. The Hall–Kier alpha value is -1.89. The zero-order valence-electron chi connectivity index (χ0n) is 11.9. The summed E-state index contributed by atoms with van der Waals surface area (Å²) in [5.74, 6) is -1.56. The number of benzene rings is 1. The molecule has 0 aliphatic rings.